The van der Waals surface area contributed by atoms with E-state index >= 15 is 4.39 Å². The van der Waals surface area contributed by atoms with E-state index in [9.17, 15) is 23.2 Å². The van der Waals surface area contributed by atoms with E-state index in [1.807, 2.05) is 29.2 Å². The number of carbonyl (C=O) groups is 3. The molecular formula is C47H47F3N8O4. The van der Waals surface area contributed by atoms with Crippen molar-refractivity contribution in [1.29, 1.82) is 0 Å². The minimum absolute atomic E-state index is 0.0148. The fraction of sp³-hybridized carbons (Fsp3) is 0.426. The summed E-state index contributed by atoms with van der Waals surface area (Å²) in [4.78, 5) is 55.9. The van der Waals surface area contributed by atoms with Crippen LogP contribution in [0.15, 0.2) is 79.4 Å². The zero-order valence-corrected chi connectivity index (χ0v) is 34.2. The number of ether oxygens (including phenoxy) is 1. The van der Waals surface area contributed by atoms with Gasteiger partial charge in [0, 0.05) is 104 Å². The van der Waals surface area contributed by atoms with Crippen LogP contribution >= 0.6 is 0 Å². The number of imide groups is 1. The molecule has 5 aliphatic heterocycles. The van der Waals surface area contributed by atoms with E-state index in [4.69, 9.17) is 4.74 Å². The summed E-state index contributed by atoms with van der Waals surface area (Å²) in [6.45, 7) is 9.05. The second kappa shape index (κ2) is 14.9. The first kappa shape index (κ1) is 39.1. The van der Waals surface area contributed by atoms with Crippen molar-refractivity contribution in [3.63, 3.8) is 0 Å². The van der Waals surface area contributed by atoms with Crippen molar-refractivity contribution in [3.8, 4) is 17.0 Å². The normalized spacial score (nSPS) is 24.2. The van der Waals surface area contributed by atoms with Crippen molar-refractivity contribution in [2.45, 2.75) is 57.2 Å². The molecular weight excluding hydrogens is 798 g/mol. The molecule has 1 unspecified atom stereocenters. The zero-order chi connectivity index (χ0) is 42.4. The molecule has 3 aromatic heterocycles. The molecule has 3 amide bonds. The van der Waals surface area contributed by atoms with Crippen LogP contribution in [0.5, 0.6) is 5.88 Å². The molecule has 5 fully saturated rings. The monoisotopic (exact) mass is 844 g/mol. The van der Waals surface area contributed by atoms with Gasteiger partial charge in [-0.15, -0.1) is 0 Å². The molecule has 4 saturated heterocycles. The average Bonchev–Trinajstić information content (AvgIpc) is 3.68. The Balaban J connectivity index is 0.608. The summed E-state index contributed by atoms with van der Waals surface area (Å²) in [5.41, 5.74) is 4.01. The number of nitrogens with zero attached hydrogens (tertiary/aromatic N) is 7. The van der Waals surface area contributed by atoms with Gasteiger partial charge < -0.3 is 24.8 Å². The summed E-state index contributed by atoms with van der Waals surface area (Å²) in [7, 11) is 0. The summed E-state index contributed by atoms with van der Waals surface area (Å²) in [5, 5.41) is 4.07. The van der Waals surface area contributed by atoms with Gasteiger partial charge in [-0.2, -0.15) is 8.78 Å². The molecule has 0 bridgehead atoms. The molecule has 1 saturated carbocycles. The topological polar surface area (TPSA) is 116 Å². The van der Waals surface area contributed by atoms with Crippen LogP contribution in [0, 0.1) is 23.1 Å². The van der Waals surface area contributed by atoms with E-state index in [1.165, 1.54) is 18.3 Å². The Labute approximate surface area is 356 Å². The number of allylic oxidation sites excluding steroid dienone is 1. The second-order valence-corrected chi connectivity index (χ2v) is 18.5. The molecule has 1 atom stereocenters. The molecule has 1 N–H and O–H groups in total. The Hall–Kier alpha value is -5.80. The number of anilines is 1. The number of amides is 3. The van der Waals surface area contributed by atoms with Crippen LogP contribution in [0.2, 0.25) is 0 Å². The fourth-order valence-electron chi connectivity index (χ4n) is 11.1. The van der Waals surface area contributed by atoms with Crippen LogP contribution in [0.3, 0.4) is 0 Å². The number of hydrogen-bond donors (Lipinski definition) is 1. The van der Waals surface area contributed by atoms with Gasteiger partial charge in [0.2, 0.25) is 11.8 Å². The van der Waals surface area contributed by atoms with Gasteiger partial charge in [0.25, 0.3) is 11.8 Å². The first-order valence-corrected chi connectivity index (χ1v) is 21.7. The van der Waals surface area contributed by atoms with Gasteiger partial charge in [-0.25, -0.2) is 9.37 Å². The second-order valence-electron chi connectivity index (χ2n) is 18.5. The highest BCUT2D eigenvalue weighted by molar-refractivity contribution is 6.23. The van der Waals surface area contributed by atoms with Crippen molar-refractivity contribution < 1.29 is 32.3 Å². The predicted molar refractivity (Wildman–Crippen MR) is 226 cm³/mol. The van der Waals surface area contributed by atoms with Gasteiger partial charge in [0.05, 0.1) is 27.8 Å². The standard InChI is InChI=1S/C47H47F3N8O4/c1-27-2-6-39(43(59)53-27)58-44(60)34-17-37(48)41(18-35(34)45(58)61)56-12-9-28(10-13-56)21-54-23-47(24-54)25-55(26-47)22-29-14-32(15-29)62-42-7-4-31(19-52-42)30-3-5-33-36-20-51-11-8-38(36)57(46(49)50)40(33)16-30/h3-5,7-8,11,16-20,28-29,32,39,46H,1-2,6,9-10,12-15,21-26H2,(H,53,59). The maximum atomic E-state index is 15.5. The molecule has 5 aromatic rings. The van der Waals surface area contributed by atoms with Crippen molar-refractivity contribution in [1.82, 2.24) is 34.6 Å². The quantitative estimate of drug-likeness (QED) is 0.151. The highest BCUT2D eigenvalue weighted by Gasteiger charge is 2.52. The number of hydrogen-bond acceptors (Lipinski definition) is 9. The highest BCUT2D eigenvalue weighted by Crippen LogP contribution is 2.43. The van der Waals surface area contributed by atoms with Crippen LogP contribution in [-0.4, -0.2) is 111 Å². The molecule has 0 radical (unpaired) electrons. The van der Waals surface area contributed by atoms with Crippen molar-refractivity contribution in [2.24, 2.45) is 17.3 Å². The van der Waals surface area contributed by atoms with Gasteiger partial charge in [0.15, 0.2) is 0 Å². The van der Waals surface area contributed by atoms with E-state index in [2.05, 4.69) is 31.7 Å². The van der Waals surface area contributed by atoms with Crippen LogP contribution in [-0.2, 0) is 4.79 Å². The van der Waals surface area contributed by atoms with Crippen LogP contribution in [0.1, 0.15) is 65.8 Å². The van der Waals surface area contributed by atoms with Gasteiger partial charge in [-0.1, -0.05) is 18.7 Å². The number of fused-ring (bicyclic) bond motifs is 4. The number of likely N-dealkylation sites (tertiary alicyclic amines) is 2. The Bertz CT molecular complexity index is 2640. The highest BCUT2D eigenvalue weighted by atomic mass is 19.3. The molecule has 8 heterocycles. The number of alkyl halides is 2. The number of aromatic nitrogens is 3. The minimum Gasteiger partial charge on any atom is -0.474 e. The third-order valence-electron chi connectivity index (χ3n) is 14.2. The molecule has 11 rings (SSSR count). The Morgan fingerprint density at radius 2 is 1.53 bits per heavy atom. The summed E-state index contributed by atoms with van der Waals surface area (Å²) >= 11 is 0. The van der Waals surface area contributed by atoms with Crippen molar-refractivity contribution in [3.05, 3.63) is 96.3 Å². The molecule has 320 valence electrons. The maximum Gasteiger partial charge on any atom is 0.319 e. The lowest BCUT2D eigenvalue weighted by Crippen LogP contribution is -2.72. The lowest BCUT2D eigenvalue weighted by Gasteiger charge is -2.62. The molecule has 2 aromatic carbocycles. The number of benzene rings is 2. The molecule has 15 heteroatoms. The lowest BCUT2D eigenvalue weighted by molar-refractivity contribution is -0.129. The smallest absolute Gasteiger partial charge is 0.319 e. The number of nitrogens with one attached hydrogen (secondary N) is 1. The molecule has 6 aliphatic rings. The zero-order valence-electron chi connectivity index (χ0n) is 34.2. The van der Waals surface area contributed by atoms with Crippen molar-refractivity contribution >= 4 is 45.2 Å². The minimum atomic E-state index is -2.67. The van der Waals surface area contributed by atoms with Gasteiger partial charge in [0.1, 0.15) is 18.0 Å². The summed E-state index contributed by atoms with van der Waals surface area (Å²) in [6.07, 6.45) is 9.66. The Morgan fingerprint density at radius 1 is 0.823 bits per heavy atom. The molecule has 62 heavy (non-hydrogen) atoms. The Morgan fingerprint density at radius 3 is 2.23 bits per heavy atom. The third kappa shape index (κ3) is 6.71. The maximum absolute atomic E-state index is 15.5. The predicted octanol–water partition coefficient (Wildman–Crippen LogP) is 6.87. The van der Waals surface area contributed by atoms with E-state index in [1.54, 1.807) is 24.5 Å². The van der Waals surface area contributed by atoms with Gasteiger partial charge in [-0.3, -0.25) is 28.8 Å². The van der Waals surface area contributed by atoms with Gasteiger partial charge in [-0.05, 0) is 86.3 Å². The first-order valence-electron chi connectivity index (χ1n) is 21.7. The van der Waals surface area contributed by atoms with Crippen molar-refractivity contribution in [2.75, 3.05) is 57.3 Å². The van der Waals surface area contributed by atoms with E-state index in [-0.39, 0.29) is 17.2 Å². The van der Waals surface area contributed by atoms with Gasteiger partial charge >= 0.3 is 6.55 Å². The van der Waals surface area contributed by atoms with Crippen LogP contribution < -0.4 is 15.0 Å². The summed E-state index contributed by atoms with van der Waals surface area (Å²) in [6, 6.07) is 12.7. The largest absolute Gasteiger partial charge is 0.474 e. The van der Waals surface area contributed by atoms with E-state index in [0.717, 1.165) is 90.9 Å². The number of piperidine rings is 2. The number of carbonyl (C=O) groups excluding carboxylic acids is 3. The lowest BCUT2D eigenvalue weighted by atomic mass is 9.71. The van der Waals surface area contributed by atoms with E-state index in [0.29, 0.717) is 76.9 Å². The number of halogens is 3. The average molecular weight is 845 g/mol. The summed E-state index contributed by atoms with van der Waals surface area (Å²) in [5.74, 6) is -0.443. The first-order chi connectivity index (χ1) is 30.0. The molecule has 12 nitrogen and oxygen atoms in total. The van der Waals surface area contributed by atoms with Crippen LogP contribution in [0.4, 0.5) is 18.9 Å². The number of pyridine rings is 2. The molecule has 1 aliphatic carbocycles. The fourth-order valence-corrected chi connectivity index (χ4v) is 11.1. The SMILES string of the molecule is C=C1CCC(N2C(=O)c3cc(F)c(N4CCC(CN5CC6(C5)CN(CC5CC(Oc7ccc(-c8ccc9c%10cnccc%10n(C(F)F)c9c8)cn7)C5)C6)CC4)cc3C2=O)C(=O)N1. The third-order valence-corrected chi connectivity index (χ3v) is 14.2. The molecule has 1 spiro atoms. The van der Waals surface area contributed by atoms with Crippen LogP contribution in [0.25, 0.3) is 32.9 Å². The van der Waals surface area contributed by atoms with E-state index < -0.39 is 36.1 Å². The Kier molecular flexibility index (Phi) is 9.41. The summed E-state index contributed by atoms with van der Waals surface area (Å²) < 4.78 is 50.9. The number of rotatable bonds is 10.